The second-order valence-electron chi connectivity index (χ2n) is 7.90. The summed E-state index contributed by atoms with van der Waals surface area (Å²) in [5.74, 6) is 3.01. The van der Waals surface area contributed by atoms with E-state index < -0.39 is 0 Å². The number of hydrogen-bond donors (Lipinski definition) is 0. The summed E-state index contributed by atoms with van der Waals surface area (Å²) < 4.78 is 0. The van der Waals surface area contributed by atoms with Gasteiger partial charge in [-0.1, -0.05) is 72.1 Å². The Hall–Kier alpha value is 0. The van der Waals surface area contributed by atoms with E-state index in [2.05, 4.69) is 20.8 Å². The first-order chi connectivity index (χ1) is 8.59. The molecular weight excluding hydrogens is 216 g/mol. The Morgan fingerprint density at radius 1 is 0.833 bits per heavy atom. The molecule has 0 unspecified atom stereocenters. The van der Waals surface area contributed by atoms with Crippen molar-refractivity contribution in [2.45, 2.75) is 91.4 Å². The summed E-state index contributed by atoms with van der Waals surface area (Å²) in [7, 11) is 0. The molecule has 18 heavy (non-hydrogen) atoms. The third-order valence-corrected chi connectivity index (χ3v) is 6.01. The summed E-state index contributed by atoms with van der Waals surface area (Å²) in [6.45, 7) is 7.66. The molecule has 106 valence electrons. The average Bonchev–Trinajstić information content (AvgIpc) is 2.40. The van der Waals surface area contributed by atoms with Gasteiger partial charge in [-0.05, 0) is 42.4 Å². The van der Waals surface area contributed by atoms with Crippen LogP contribution in [0, 0.1) is 23.2 Å². The van der Waals surface area contributed by atoms with Gasteiger partial charge in [-0.15, -0.1) is 0 Å². The predicted molar refractivity (Wildman–Crippen MR) is 80.7 cm³/mol. The van der Waals surface area contributed by atoms with Gasteiger partial charge in [-0.2, -0.15) is 0 Å². The molecule has 0 amide bonds. The van der Waals surface area contributed by atoms with E-state index in [9.17, 15) is 0 Å². The second kappa shape index (κ2) is 6.44. The molecule has 0 aromatic carbocycles. The maximum Gasteiger partial charge on any atom is -0.0323 e. The van der Waals surface area contributed by atoms with Gasteiger partial charge in [0.1, 0.15) is 0 Å². The van der Waals surface area contributed by atoms with Gasteiger partial charge in [0.15, 0.2) is 0 Å². The van der Waals surface area contributed by atoms with Crippen molar-refractivity contribution in [2.75, 3.05) is 0 Å². The van der Waals surface area contributed by atoms with Crippen LogP contribution in [0.2, 0.25) is 0 Å². The molecule has 0 bridgehead atoms. The highest BCUT2D eigenvalue weighted by Crippen LogP contribution is 2.45. The van der Waals surface area contributed by atoms with Crippen LogP contribution in [0.5, 0.6) is 0 Å². The summed E-state index contributed by atoms with van der Waals surface area (Å²) in [6.07, 6.45) is 16.5. The van der Waals surface area contributed by atoms with Gasteiger partial charge in [0.25, 0.3) is 0 Å². The van der Waals surface area contributed by atoms with Crippen LogP contribution in [0.25, 0.3) is 0 Å². The lowest BCUT2D eigenvalue weighted by Crippen LogP contribution is -2.30. The molecule has 0 aromatic heterocycles. The summed E-state index contributed by atoms with van der Waals surface area (Å²) in [5, 5.41) is 0. The largest absolute Gasteiger partial charge is 0.0622 e. The molecule has 0 spiro atoms. The smallest absolute Gasteiger partial charge is 0.0323 e. The van der Waals surface area contributed by atoms with Crippen molar-refractivity contribution in [1.29, 1.82) is 0 Å². The molecule has 2 aliphatic carbocycles. The van der Waals surface area contributed by atoms with Crippen molar-refractivity contribution >= 4 is 0 Å². The van der Waals surface area contributed by atoms with Crippen LogP contribution in [0.3, 0.4) is 0 Å². The zero-order chi connectivity index (χ0) is 13.0. The minimum atomic E-state index is 0.595. The van der Waals surface area contributed by atoms with Gasteiger partial charge in [-0.25, -0.2) is 0 Å². The van der Waals surface area contributed by atoms with Gasteiger partial charge in [0.05, 0.1) is 0 Å². The van der Waals surface area contributed by atoms with Crippen LogP contribution < -0.4 is 0 Å². The lowest BCUT2D eigenvalue weighted by atomic mass is 9.65. The van der Waals surface area contributed by atoms with E-state index in [1.54, 1.807) is 0 Å². The number of hydrogen-bond acceptors (Lipinski definition) is 0. The molecule has 0 aliphatic heterocycles. The molecule has 0 saturated heterocycles. The number of rotatable bonds is 4. The minimum absolute atomic E-state index is 0.595. The zero-order valence-electron chi connectivity index (χ0n) is 13.0. The van der Waals surface area contributed by atoms with Gasteiger partial charge in [-0.3, -0.25) is 0 Å². The van der Waals surface area contributed by atoms with Gasteiger partial charge in [0.2, 0.25) is 0 Å². The summed E-state index contributed by atoms with van der Waals surface area (Å²) >= 11 is 0. The quantitative estimate of drug-likeness (QED) is 0.557. The lowest BCUT2D eigenvalue weighted by molar-refractivity contribution is 0.0996. The Labute approximate surface area is 115 Å². The highest BCUT2D eigenvalue weighted by atomic mass is 14.4. The third-order valence-electron chi connectivity index (χ3n) is 6.01. The summed E-state index contributed by atoms with van der Waals surface area (Å²) in [4.78, 5) is 0. The Kier molecular flexibility index (Phi) is 5.15. The molecule has 0 heterocycles. The first-order valence-electron chi connectivity index (χ1n) is 8.59. The fraction of sp³-hybridized carbons (Fsp3) is 1.00. The molecule has 0 radical (unpaired) electrons. The maximum atomic E-state index is 2.56. The highest BCUT2D eigenvalue weighted by molar-refractivity contribution is 4.84. The standard InChI is InChI=1S/C18H34/c1-15(16-10-6-4-7-11-16)14-18(2,3)17-12-8-5-9-13-17/h15-17H,4-14H2,1-3H3/t15-/m1/s1. The molecule has 0 N–H and O–H groups in total. The Morgan fingerprint density at radius 3 is 1.89 bits per heavy atom. The van der Waals surface area contributed by atoms with Crippen molar-refractivity contribution in [3.63, 3.8) is 0 Å². The van der Waals surface area contributed by atoms with E-state index in [1.165, 1.54) is 70.6 Å². The van der Waals surface area contributed by atoms with Crippen molar-refractivity contribution < 1.29 is 0 Å². The van der Waals surface area contributed by atoms with Gasteiger partial charge >= 0.3 is 0 Å². The topological polar surface area (TPSA) is 0 Å². The maximum absolute atomic E-state index is 2.56. The van der Waals surface area contributed by atoms with Crippen molar-refractivity contribution in [3.8, 4) is 0 Å². The van der Waals surface area contributed by atoms with Crippen LogP contribution in [-0.4, -0.2) is 0 Å². The van der Waals surface area contributed by atoms with E-state index in [-0.39, 0.29) is 0 Å². The van der Waals surface area contributed by atoms with Gasteiger partial charge in [0, 0.05) is 0 Å². The molecule has 0 aromatic rings. The van der Waals surface area contributed by atoms with E-state index in [0.717, 1.165) is 17.8 Å². The first-order valence-corrected chi connectivity index (χ1v) is 8.59. The molecular formula is C18H34. The molecule has 2 rings (SSSR count). The molecule has 2 fully saturated rings. The Morgan fingerprint density at radius 2 is 1.33 bits per heavy atom. The van der Waals surface area contributed by atoms with E-state index in [4.69, 9.17) is 0 Å². The van der Waals surface area contributed by atoms with Crippen LogP contribution in [-0.2, 0) is 0 Å². The molecule has 0 nitrogen and oxygen atoms in total. The summed E-state index contributed by atoms with van der Waals surface area (Å²) in [5.41, 5.74) is 0.595. The molecule has 0 heteroatoms. The summed E-state index contributed by atoms with van der Waals surface area (Å²) in [6, 6.07) is 0. The van der Waals surface area contributed by atoms with E-state index in [0.29, 0.717) is 5.41 Å². The van der Waals surface area contributed by atoms with E-state index in [1.807, 2.05) is 0 Å². The van der Waals surface area contributed by atoms with Gasteiger partial charge < -0.3 is 0 Å². The highest BCUT2D eigenvalue weighted by Gasteiger charge is 2.33. The van der Waals surface area contributed by atoms with Crippen LogP contribution in [0.15, 0.2) is 0 Å². The SMILES string of the molecule is C[C@H](CC(C)(C)C1CCCCC1)C1CCCCC1. The van der Waals surface area contributed by atoms with Crippen LogP contribution >= 0.6 is 0 Å². The van der Waals surface area contributed by atoms with Crippen LogP contribution in [0.4, 0.5) is 0 Å². The first kappa shape index (κ1) is 14.4. The minimum Gasteiger partial charge on any atom is -0.0622 e. The Balaban J connectivity index is 1.85. The average molecular weight is 250 g/mol. The predicted octanol–water partition coefficient (Wildman–Crippen LogP) is 6.20. The monoisotopic (exact) mass is 250 g/mol. The fourth-order valence-electron chi connectivity index (χ4n) is 4.75. The lowest BCUT2D eigenvalue weighted by Gasteiger charge is -2.41. The zero-order valence-corrected chi connectivity index (χ0v) is 13.0. The molecule has 1 atom stereocenters. The van der Waals surface area contributed by atoms with Crippen molar-refractivity contribution in [3.05, 3.63) is 0 Å². The van der Waals surface area contributed by atoms with E-state index >= 15 is 0 Å². The van der Waals surface area contributed by atoms with Crippen molar-refractivity contribution in [1.82, 2.24) is 0 Å². The second-order valence-corrected chi connectivity index (χ2v) is 7.90. The fourth-order valence-corrected chi connectivity index (χ4v) is 4.75. The van der Waals surface area contributed by atoms with Crippen LogP contribution in [0.1, 0.15) is 91.4 Å². The third kappa shape index (κ3) is 3.75. The normalized spacial score (nSPS) is 26.2. The molecule has 2 saturated carbocycles. The Bertz CT molecular complexity index is 228. The molecule has 2 aliphatic rings. The van der Waals surface area contributed by atoms with Crippen molar-refractivity contribution in [2.24, 2.45) is 23.2 Å².